The van der Waals surface area contributed by atoms with E-state index in [9.17, 15) is 28.1 Å². The molecule has 45 heavy (non-hydrogen) atoms. The second kappa shape index (κ2) is 14.3. The Hall–Kier alpha value is -4.16. The van der Waals surface area contributed by atoms with E-state index in [1.54, 1.807) is 6.92 Å². The number of nitro benzene ring substituents is 1. The smallest absolute Gasteiger partial charge is 0.273 e. The number of nitro groups is 1. The van der Waals surface area contributed by atoms with Crippen LogP contribution >= 0.6 is 11.6 Å². The molecule has 1 fully saturated rings. The van der Waals surface area contributed by atoms with Crippen LogP contribution in [-0.4, -0.2) is 55.8 Å². The van der Waals surface area contributed by atoms with Gasteiger partial charge in [0.15, 0.2) is 0 Å². The normalized spacial score (nSPS) is 14.1. The topological polar surface area (TPSA) is 139 Å². The molecule has 0 bridgehead atoms. The first-order valence-electron chi connectivity index (χ1n) is 14.6. The zero-order valence-corrected chi connectivity index (χ0v) is 27.2. The number of amides is 2. The van der Waals surface area contributed by atoms with Crippen LogP contribution in [0.3, 0.4) is 0 Å². The van der Waals surface area contributed by atoms with Crippen molar-refractivity contribution < 1.29 is 27.7 Å². The van der Waals surface area contributed by atoms with Crippen molar-refractivity contribution in [3.8, 4) is 5.75 Å². The minimum Gasteiger partial charge on any atom is -0.495 e. The van der Waals surface area contributed by atoms with Crippen molar-refractivity contribution in [3.63, 3.8) is 0 Å². The number of nitrogens with one attached hydrogen (secondary N) is 1. The van der Waals surface area contributed by atoms with E-state index in [0.29, 0.717) is 0 Å². The Morgan fingerprint density at radius 2 is 1.76 bits per heavy atom. The molecule has 1 N–H and O–H groups in total. The van der Waals surface area contributed by atoms with E-state index in [-0.39, 0.29) is 40.5 Å². The summed E-state index contributed by atoms with van der Waals surface area (Å²) in [6.07, 6.45) is 3.73. The van der Waals surface area contributed by atoms with E-state index >= 15 is 0 Å². The highest BCUT2D eigenvalue weighted by Gasteiger charge is 2.35. The Kier molecular flexibility index (Phi) is 10.7. The lowest BCUT2D eigenvalue weighted by molar-refractivity contribution is -0.385. The number of carbonyl (C=O) groups excluding carboxylic acids is 2. The van der Waals surface area contributed by atoms with Crippen LogP contribution in [0.1, 0.15) is 49.3 Å². The number of hydrogen-bond donors (Lipinski definition) is 1. The predicted molar refractivity (Wildman–Crippen MR) is 172 cm³/mol. The molecule has 0 spiro atoms. The van der Waals surface area contributed by atoms with Crippen LogP contribution in [0.25, 0.3) is 0 Å². The average molecular weight is 657 g/mol. The summed E-state index contributed by atoms with van der Waals surface area (Å²) in [5.41, 5.74) is 1.52. The lowest BCUT2D eigenvalue weighted by atomic mass is 10.1. The first-order valence-corrected chi connectivity index (χ1v) is 16.4. The third kappa shape index (κ3) is 7.74. The number of nitrogens with zero attached hydrogens (tertiary/aromatic N) is 3. The summed E-state index contributed by atoms with van der Waals surface area (Å²) < 4.78 is 34.8. The van der Waals surface area contributed by atoms with Crippen molar-refractivity contribution in [2.24, 2.45) is 0 Å². The van der Waals surface area contributed by atoms with Crippen molar-refractivity contribution >= 4 is 44.8 Å². The molecule has 1 aliphatic rings. The van der Waals surface area contributed by atoms with Crippen molar-refractivity contribution in [2.75, 3.05) is 18.0 Å². The molecule has 0 heterocycles. The van der Waals surface area contributed by atoms with Crippen molar-refractivity contribution in [2.45, 2.75) is 70.0 Å². The number of halogens is 1. The number of benzene rings is 3. The maximum atomic E-state index is 14.3. The van der Waals surface area contributed by atoms with Gasteiger partial charge in [-0.15, -0.1) is 0 Å². The predicted octanol–water partition coefficient (Wildman–Crippen LogP) is 5.55. The maximum absolute atomic E-state index is 14.3. The van der Waals surface area contributed by atoms with Crippen LogP contribution < -0.4 is 14.4 Å². The molecule has 0 aromatic heterocycles. The number of anilines is 1. The molecule has 2 amide bonds. The second-order valence-electron chi connectivity index (χ2n) is 11.1. The van der Waals surface area contributed by atoms with E-state index in [1.807, 2.05) is 31.2 Å². The average Bonchev–Trinajstić information content (AvgIpc) is 3.52. The number of carbonyl (C=O) groups is 2. The summed E-state index contributed by atoms with van der Waals surface area (Å²) in [4.78, 5) is 39.7. The first kappa shape index (κ1) is 33.7. The summed E-state index contributed by atoms with van der Waals surface area (Å²) in [6, 6.07) is 14.3. The molecule has 0 saturated heterocycles. The van der Waals surface area contributed by atoms with Gasteiger partial charge in [-0.1, -0.05) is 54.8 Å². The lowest BCUT2D eigenvalue weighted by Crippen LogP contribution is -2.52. The Balaban J connectivity index is 1.79. The van der Waals surface area contributed by atoms with Gasteiger partial charge in [0.1, 0.15) is 18.3 Å². The molecular formula is C32H37ClN4O7S. The van der Waals surface area contributed by atoms with Gasteiger partial charge >= 0.3 is 0 Å². The van der Waals surface area contributed by atoms with Crippen LogP contribution in [0.2, 0.25) is 5.02 Å². The van der Waals surface area contributed by atoms with E-state index in [2.05, 4.69) is 5.32 Å². The van der Waals surface area contributed by atoms with Gasteiger partial charge in [-0.05, 0) is 69.0 Å². The number of hydrogen-bond acceptors (Lipinski definition) is 7. The third-order valence-electron chi connectivity index (χ3n) is 8.12. The summed E-state index contributed by atoms with van der Waals surface area (Å²) in [7, 11) is -3.27. The molecule has 1 saturated carbocycles. The number of sulfonamides is 1. The lowest BCUT2D eigenvalue weighted by Gasteiger charge is -2.33. The number of methoxy groups -OCH3 is 1. The Bertz CT molecular complexity index is 1690. The Labute approximate surface area is 268 Å². The molecule has 4 rings (SSSR count). The Morgan fingerprint density at radius 1 is 1.07 bits per heavy atom. The molecule has 3 aromatic rings. The van der Waals surface area contributed by atoms with Gasteiger partial charge in [0, 0.05) is 29.2 Å². The van der Waals surface area contributed by atoms with Crippen LogP contribution in [0, 0.1) is 24.0 Å². The molecule has 13 heteroatoms. The fourth-order valence-electron chi connectivity index (χ4n) is 5.39. The quantitative estimate of drug-likeness (QED) is 0.199. The standard InChI is InChI=1S/C32H37ClN4O7S/c1-21-9-5-6-10-24(21)19-35(23(3)32(39)34-26-11-7-8-12-26)31(38)20-36(29-17-25(33)14-16-30(29)44-4)45(42,43)27-15-13-22(2)28(18-27)37(40)41/h5-6,9-10,13-18,23,26H,7-8,11-12,19-20H2,1-4H3,(H,34,39)/t23-/m1/s1. The largest absolute Gasteiger partial charge is 0.495 e. The van der Waals surface area contributed by atoms with Gasteiger partial charge in [-0.2, -0.15) is 0 Å². The number of ether oxygens (including phenoxy) is 1. The van der Waals surface area contributed by atoms with Crippen LogP contribution in [0.15, 0.2) is 65.6 Å². The molecule has 11 nitrogen and oxygen atoms in total. The minimum atomic E-state index is -4.61. The summed E-state index contributed by atoms with van der Waals surface area (Å²) >= 11 is 6.28. The van der Waals surface area contributed by atoms with Gasteiger partial charge in [0.05, 0.1) is 22.6 Å². The number of rotatable bonds is 12. The molecule has 3 aromatic carbocycles. The highest BCUT2D eigenvalue weighted by Crippen LogP contribution is 2.36. The zero-order chi connectivity index (χ0) is 32.9. The molecule has 240 valence electrons. The fraction of sp³-hybridized carbons (Fsp3) is 0.375. The summed E-state index contributed by atoms with van der Waals surface area (Å²) in [5, 5.41) is 14.9. The minimum absolute atomic E-state index is 0.0142. The van der Waals surface area contributed by atoms with Gasteiger partial charge in [-0.3, -0.25) is 24.0 Å². The molecule has 1 aliphatic carbocycles. The highest BCUT2D eigenvalue weighted by atomic mass is 35.5. The van der Waals surface area contributed by atoms with E-state index in [0.717, 1.165) is 47.2 Å². The van der Waals surface area contributed by atoms with E-state index in [1.165, 1.54) is 49.3 Å². The van der Waals surface area contributed by atoms with Gasteiger partial charge < -0.3 is 15.0 Å². The monoisotopic (exact) mass is 656 g/mol. The maximum Gasteiger partial charge on any atom is 0.273 e. The fourth-order valence-corrected chi connectivity index (χ4v) is 6.99. The SMILES string of the molecule is COc1ccc(Cl)cc1N(CC(=O)N(Cc1ccccc1C)[C@H](C)C(=O)NC1CCCC1)S(=O)(=O)c1ccc(C)c([N+](=O)[O-])c1. The van der Waals surface area contributed by atoms with Crippen LogP contribution in [0.5, 0.6) is 5.75 Å². The summed E-state index contributed by atoms with van der Waals surface area (Å²) in [5.74, 6) is -0.901. The molecule has 0 aliphatic heterocycles. The highest BCUT2D eigenvalue weighted by molar-refractivity contribution is 7.92. The molecular weight excluding hydrogens is 620 g/mol. The third-order valence-corrected chi connectivity index (χ3v) is 10.1. The molecule has 1 atom stereocenters. The molecule has 0 radical (unpaired) electrons. The number of aryl methyl sites for hydroxylation is 2. The van der Waals surface area contributed by atoms with E-state index in [4.69, 9.17) is 16.3 Å². The van der Waals surface area contributed by atoms with Crippen molar-refractivity contribution in [1.29, 1.82) is 0 Å². The molecule has 0 unspecified atom stereocenters. The van der Waals surface area contributed by atoms with Crippen LogP contribution in [0.4, 0.5) is 11.4 Å². The zero-order valence-electron chi connectivity index (χ0n) is 25.7. The van der Waals surface area contributed by atoms with Gasteiger partial charge in [-0.25, -0.2) is 8.42 Å². The summed E-state index contributed by atoms with van der Waals surface area (Å²) in [6.45, 7) is 4.30. The van der Waals surface area contributed by atoms with Gasteiger partial charge in [0.2, 0.25) is 11.8 Å². The van der Waals surface area contributed by atoms with Crippen molar-refractivity contribution in [1.82, 2.24) is 10.2 Å². The van der Waals surface area contributed by atoms with Gasteiger partial charge in [0.25, 0.3) is 15.7 Å². The van der Waals surface area contributed by atoms with E-state index < -0.39 is 44.0 Å². The van der Waals surface area contributed by atoms with Crippen LogP contribution in [-0.2, 0) is 26.2 Å². The Morgan fingerprint density at radius 3 is 2.40 bits per heavy atom. The first-order chi connectivity index (χ1) is 21.3. The second-order valence-corrected chi connectivity index (χ2v) is 13.4. The van der Waals surface area contributed by atoms with Crippen molar-refractivity contribution in [3.05, 3.63) is 92.5 Å².